The van der Waals surface area contributed by atoms with Crippen LogP contribution in [-0.2, 0) is 27.8 Å². The number of hydrogen-bond acceptors (Lipinski definition) is 5. The summed E-state index contributed by atoms with van der Waals surface area (Å²) in [6.07, 6.45) is 1.72. The molecule has 0 aliphatic heterocycles. The van der Waals surface area contributed by atoms with E-state index in [4.69, 9.17) is 5.73 Å². The van der Waals surface area contributed by atoms with E-state index in [1.165, 1.54) is 7.11 Å². The van der Waals surface area contributed by atoms with Crippen LogP contribution in [0.15, 0.2) is 36.5 Å². The smallest absolute Gasteiger partial charge is 0.328 e. The second-order valence-corrected chi connectivity index (χ2v) is 5.91. The number of anilines is 2. The van der Waals surface area contributed by atoms with E-state index in [0.29, 0.717) is 22.6 Å². The molecule has 0 spiro atoms. The summed E-state index contributed by atoms with van der Waals surface area (Å²) >= 11 is 0. The molecular formula is C18H22N4O4. The number of nitrogens with two attached hydrogens (primary N) is 1. The average molecular weight is 358 g/mol. The van der Waals surface area contributed by atoms with Gasteiger partial charge in [0.15, 0.2) is 0 Å². The fourth-order valence-electron chi connectivity index (χ4n) is 2.48. The molecule has 0 saturated heterocycles. The first-order valence-corrected chi connectivity index (χ1v) is 7.99. The second kappa shape index (κ2) is 8.19. The van der Waals surface area contributed by atoms with Crippen LogP contribution in [0.25, 0.3) is 0 Å². The highest BCUT2D eigenvalue weighted by molar-refractivity contribution is 6.03. The summed E-state index contributed by atoms with van der Waals surface area (Å²) < 4.78 is 6.20. The summed E-state index contributed by atoms with van der Waals surface area (Å²) in [4.78, 5) is 35.7. The minimum absolute atomic E-state index is 0.0716. The zero-order chi connectivity index (χ0) is 19.3. The summed E-state index contributed by atoms with van der Waals surface area (Å²) in [6.45, 7) is 1.55. The lowest BCUT2D eigenvalue weighted by Gasteiger charge is -2.12. The van der Waals surface area contributed by atoms with E-state index in [2.05, 4.69) is 15.4 Å². The molecule has 0 saturated carbocycles. The third kappa shape index (κ3) is 4.85. The van der Waals surface area contributed by atoms with Crippen molar-refractivity contribution < 1.29 is 19.1 Å². The monoisotopic (exact) mass is 358 g/mol. The molecule has 2 rings (SSSR count). The van der Waals surface area contributed by atoms with Crippen molar-refractivity contribution in [2.24, 2.45) is 7.05 Å². The number of amides is 2. The van der Waals surface area contributed by atoms with Crippen LogP contribution in [-0.4, -0.2) is 35.5 Å². The molecule has 2 aromatic rings. The average Bonchev–Trinajstić information content (AvgIpc) is 2.92. The lowest BCUT2D eigenvalue weighted by atomic mass is 10.1. The molecule has 1 atom stereocenters. The molecule has 8 heteroatoms. The van der Waals surface area contributed by atoms with Gasteiger partial charge in [-0.25, -0.2) is 4.79 Å². The van der Waals surface area contributed by atoms with E-state index in [9.17, 15) is 14.4 Å². The summed E-state index contributed by atoms with van der Waals surface area (Å²) in [5.74, 6) is -1.13. The Balaban J connectivity index is 2.01. The number of carbonyl (C=O) groups excluding carboxylic acids is 3. The largest absolute Gasteiger partial charge is 0.467 e. The minimum Gasteiger partial charge on any atom is -0.467 e. The van der Waals surface area contributed by atoms with Crippen LogP contribution < -0.4 is 16.4 Å². The van der Waals surface area contributed by atoms with Crippen molar-refractivity contribution in [3.63, 3.8) is 0 Å². The molecule has 1 heterocycles. The number of esters is 1. The Bertz CT molecular complexity index is 828. The van der Waals surface area contributed by atoms with E-state index in [-0.39, 0.29) is 18.2 Å². The van der Waals surface area contributed by atoms with E-state index < -0.39 is 12.0 Å². The second-order valence-electron chi connectivity index (χ2n) is 5.91. The van der Waals surface area contributed by atoms with Crippen LogP contribution in [0.5, 0.6) is 0 Å². The highest BCUT2D eigenvalue weighted by Gasteiger charge is 2.16. The van der Waals surface area contributed by atoms with Crippen molar-refractivity contribution >= 4 is 29.2 Å². The Labute approximate surface area is 151 Å². The van der Waals surface area contributed by atoms with Crippen molar-refractivity contribution in [3.8, 4) is 0 Å². The first-order valence-electron chi connectivity index (χ1n) is 7.99. The first kappa shape index (κ1) is 19.0. The molecule has 4 N–H and O–H groups in total. The van der Waals surface area contributed by atoms with Gasteiger partial charge < -0.3 is 25.7 Å². The maximum Gasteiger partial charge on any atom is 0.328 e. The van der Waals surface area contributed by atoms with E-state index in [1.807, 2.05) is 0 Å². The molecule has 0 fully saturated rings. The van der Waals surface area contributed by atoms with E-state index >= 15 is 0 Å². The van der Waals surface area contributed by atoms with Gasteiger partial charge in [0.1, 0.15) is 11.7 Å². The first-order chi connectivity index (χ1) is 12.3. The van der Waals surface area contributed by atoms with Crippen molar-refractivity contribution in [2.45, 2.75) is 19.4 Å². The fourth-order valence-corrected chi connectivity index (χ4v) is 2.48. The van der Waals surface area contributed by atoms with Gasteiger partial charge in [0.2, 0.25) is 5.91 Å². The zero-order valence-corrected chi connectivity index (χ0v) is 14.9. The third-order valence-electron chi connectivity index (χ3n) is 3.74. The topological polar surface area (TPSA) is 115 Å². The summed E-state index contributed by atoms with van der Waals surface area (Å²) in [6, 6.07) is 7.79. The van der Waals surface area contributed by atoms with Crippen LogP contribution >= 0.6 is 0 Å². The zero-order valence-electron chi connectivity index (χ0n) is 14.9. The molecule has 26 heavy (non-hydrogen) atoms. The van der Waals surface area contributed by atoms with Gasteiger partial charge in [0.25, 0.3) is 5.91 Å². The van der Waals surface area contributed by atoms with Gasteiger partial charge in [-0.15, -0.1) is 0 Å². The minimum atomic E-state index is -0.724. The number of ether oxygens (including phenoxy) is 1. The summed E-state index contributed by atoms with van der Waals surface area (Å²) in [7, 11) is 2.99. The van der Waals surface area contributed by atoms with Crippen LogP contribution in [0.1, 0.15) is 23.0 Å². The number of carbonyl (C=O) groups is 3. The molecule has 0 aliphatic carbocycles. The van der Waals surface area contributed by atoms with Gasteiger partial charge in [-0.1, -0.05) is 12.1 Å². The number of nitrogen functional groups attached to an aromatic ring is 1. The van der Waals surface area contributed by atoms with Gasteiger partial charge in [-0.2, -0.15) is 0 Å². The quantitative estimate of drug-likeness (QED) is 0.668. The Kier molecular flexibility index (Phi) is 6.00. The van der Waals surface area contributed by atoms with Crippen LogP contribution in [0, 0.1) is 0 Å². The molecule has 0 aliphatic rings. The van der Waals surface area contributed by atoms with Gasteiger partial charge >= 0.3 is 5.97 Å². The number of methoxy groups -OCH3 is 1. The lowest BCUT2D eigenvalue weighted by Crippen LogP contribution is -2.39. The lowest BCUT2D eigenvalue weighted by molar-refractivity contribution is -0.144. The Morgan fingerprint density at radius 2 is 2.00 bits per heavy atom. The van der Waals surface area contributed by atoms with Gasteiger partial charge in [-0.05, 0) is 30.7 Å². The number of rotatable bonds is 6. The van der Waals surface area contributed by atoms with Gasteiger partial charge in [0, 0.05) is 18.9 Å². The highest BCUT2D eigenvalue weighted by atomic mass is 16.5. The molecule has 1 unspecified atom stereocenters. The van der Waals surface area contributed by atoms with Crippen LogP contribution in [0.3, 0.4) is 0 Å². The molecule has 138 valence electrons. The highest BCUT2D eigenvalue weighted by Crippen LogP contribution is 2.15. The Hall–Kier alpha value is -3.29. The van der Waals surface area contributed by atoms with Crippen molar-refractivity contribution in [1.82, 2.24) is 9.88 Å². The standard InChI is InChI=1S/C18H22N4O4/c1-11(18(25)26-3)20-16(23)8-12-5-4-6-14(7-12)21-17(24)15-9-13(19)10-22(15)2/h4-7,9-11H,8,19H2,1-3H3,(H,20,23)(H,21,24). The third-order valence-corrected chi connectivity index (χ3v) is 3.74. The summed E-state index contributed by atoms with van der Waals surface area (Å²) in [5.41, 5.74) is 7.87. The molecule has 0 radical (unpaired) electrons. The van der Waals surface area contributed by atoms with Crippen molar-refractivity contribution in [3.05, 3.63) is 47.8 Å². The number of nitrogens with one attached hydrogen (secondary N) is 2. The molecule has 0 bridgehead atoms. The Morgan fingerprint density at radius 1 is 1.27 bits per heavy atom. The molecular weight excluding hydrogens is 336 g/mol. The number of benzene rings is 1. The van der Waals surface area contributed by atoms with Crippen LogP contribution in [0.2, 0.25) is 0 Å². The summed E-state index contributed by atoms with van der Waals surface area (Å²) in [5, 5.41) is 5.33. The van der Waals surface area contributed by atoms with E-state index in [1.54, 1.807) is 55.1 Å². The van der Waals surface area contributed by atoms with Crippen LogP contribution in [0.4, 0.5) is 11.4 Å². The van der Waals surface area contributed by atoms with Gasteiger partial charge in [0.05, 0.1) is 19.2 Å². The van der Waals surface area contributed by atoms with Crippen molar-refractivity contribution in [2.75, 3.05) is 18.2 Å². The molecule has 1 aromatic heterocycles. The van der Waals surface area contributed by atoms with Crippen molar-refractivity contribution in [1.29, 1.82) is 0 Å². The predicted molar refractivity (Wildman–Crippen MR) is 97.5 cm³/mol. The number of nitrogens with zero attached hydrogens (tertiary/aromatic N) is 1. The Morgan fingerprint density at radius 3 is 2.62 bits per heavy atom. The van der Waals surface area contributed by atoms with E-state index in [0.717, 1.165) is 0 Å². The fraction of sp³-hybridized carbons (Fsp3) is 0.278. The maximum atomic E-state index is 12.3. The normalized spacial score (nSPS) is 11.5. The number of hydrogen-bond donors (Lipinski definition) is 3. The predicted octanol–water partition coefficient (Wildman–Crippen LogP) is 1.08. The number of aromatic nitrogens is 1. The number of aryl methyl sites for hydroxylation is 1. The molecule has 2 amide bonds. The SMILES string of the molecule is COC(=O)C(C)NC(=O)Cc1cccc(NC(=O)c2cc(N)cn2C)c1. The molecule has 1 aromatic carbocycles. The molecule has 8 nitrogen and oxygen atoms in total. The maximum absolute atomic E-state index is 12.3. The van der Waals surface area contributed by atoms with Gasteiger partial charge in [-0.3, -0.25) is 9.59 Å².